The minimum atomic E-state index is 0.702. The maximum atomic E-state index is 6.03. The van der Waals surface area contributed by atoms with Crippen molar-refractivity contribution < 1.29 is 4.74 Å². The monoisotopic (exact) mass is 538 g/mol. The molecule has 0 bridgehead atoms. The number of hydrogen-bond donors (Lipinski definition) is 0. The fraction of sp³-hybridized carbons (Fsp3) is 0.286. The van der Waals surface area contributed by atoms with Gasteiger partial charge in [-0.1, -0.05) is 61.5 Å². The molecule has 1 aliphatic rings. The third-order valence-corrected chi connectivity index (χ3v) is 6.50. The van der Waals surface area contributed by atoms with Crippen LogP contribution < -0.4 is 4.74 Å². The Kier molecular flexibility index (Phi) is 8.00. The van der Waals surface area contributed by atoms with Gasteiger partial charge < -0.3 is 4.74 Å². The van der Waals surface area contributed by atoms with Crippen LogP contribution in [0, 0.1) is 3.57 Å². The fourth-order valence-electron chi connectivity index (χ4n) is 3.96. The number of rotatable bonds is 10. The molecule has 0 aromatic heterocycles. The van der Waals surface area contributed by atoms with Gasteiger partial charge in [-0.3, -0.25) is 9.80 Å². The largest absolute Gasteiger partial charge is 0.492 e. The van der Waals surface area contributed by atoms with E-state index in [0.717, 1.165) is 25.4 Å². The lowest BCUT2D eigenvalue weighted by Gasteiger charge is -2.18. The van der Waals surface area contributed by atoms with Gasteiger partial charge >= 0.3 is 0 Å². The Morgan fingerprint density at radius 2 is 1.50 bits per heavy atom. The summed E-state index contributed by atoms with van der Waals surface area (Å²) in [4.78, 5) is 4.72. The first-order chi connectivity index (χ1) is 15.6. The molecule has 3 aromatic carbocycles. The molecule has 0 unspecified atom stereocenters. The van der Waals surface area contributed by atoms with Gasteiger partial charge in [0.1, 0.15) is 12.4 Å². The van der Waals surface area contributed by atoms with Gasteiger partial charge in [-0.05, 0) is 88.2 Å². The van der Waals surface area contributed by atoms with Crippen LogP contribution in [0.2, 0.25) is 0 Å². The molecule has 1 fully saturated rings. The highest BCUT2D eigenvalue weighted by molar-refractivity contribution is 14.1. The average Bonchev–Trinajstić information content (AvgIpc) is 3.63. The average molecular weight is 538 g/mol. The number of hydrogen-bond acceptors (Lipinski definition) is 3. The number of ether oxygens (including phenoxy) is 1. The highest BCUT2D eigenvalue weighted by atomic mass is 127. The summed E-state index contributed by atoms with van der Waals surface area (Å²) in [5.41, 5.74) is 6.39. The van der Waals surface area contributed by atoms with E-state index in [9.17, 15) is 0 Å². The normalized spacial score (nSPS) is 14.4. The van der Waals surface area contributed by atoms with Crippen molar-refractivity contribution in [2.45, 2.75) is 13.3 Å². The summed E-state index contributed by atoms with van der Waals surface area (Å²) in [7, 11) is 2.15. The summed E-state index contributed by atoms with van der Waals surface area (Å²) in [6.45, 7) is 7.36. The highest BCUT2D eigenvalue weighted by Gasteiger charge is 2.18. The molecular weight excluding hydrogens is 507 g/mol. The summed E-state index contributed by atoms with van der Waals surface area (Å²) in [5, 5.41) is 0. The number of nitrogens with zero attached hydrogens (tertiary/aromatic N) is 2. The lowest BCUT2D eigenvalue weighted by atomic mass is 9.88. The summed E-state index contributed by atoms with van der Waals surface area (Å²) >= 11 is 2.37. The van der Waals surface area contributed by atoms with Crippen molar-refractivity contribution in [2.24, 2.45) is 0 Å². The molecule has 0 atom stereocenters. The Morgan fingerprint density at radius 3 is 2.09 bits per heavy atom. The van der Waals surface area contributed by atoms with Gasteiger partial charge in [0.15, 0.2) is 0 Å². The molecule has 4 rings (SSSR count). The molecule has 3 aromatic rings. The van der Waals surface area contributed by atoms with Crippen LogP contribution in [0.5, 0.6) is 5.75 Å². The molecule has 1 heterocycles. The van der Waals surface area contributed by atoms with E-state index in [4.69, 9.17) is 4.74 Å². The third kappa shape index (κ3) is 6.21. The predicted molar refractivity (Wildman–Crippen MR) is 143 cm³/mol. The van der Waals surface area contributed by atoms with Crippen molar-refractivity contribution in [3.05, 3.63) is 99.1 Å². The van der Waals surface area contributed by atoms with Crippen molar-refractivity contribution in [1.29, 1.82) is 0 Å². The summed E-state index contributed by atoms with van der Waals surface area (Å²) < 4.78 is 7.28. The van der Waals surface area contributed by atoms with Crippen molar-refractivity contribution in [3.63, 3.8) is 0 Å². The molecule has 4 heteroatoms. The molecule has 0 radical (unpaired) electrons. The van der Waals surface area contributed by atoms with Gasteiger partial charge in [0.25, 0.3) is 0 Å². The second-order valence-corrected chi connectivity index (χ2v) is 9.54. The van der Waals surface area contributed by atoms with E-state index in [1.54, 1.807) is 0 Å². The Bertz CT molecular complexity index is 1030. The van der Waals surface area contributed by atoms with Crippen LogP contribution in [0.3, 0.4) is 0 Å². The zero-order chi connectivity index (χ0) is 22.3. The third-order valence-electron chi connectivity index (χ3n) is 5.78. The van der Waals surface area contributed by atoms with Gasteiger partial charge in [-0.25, -0.2) is 0 Å². The van der Waals surface area contributed by atoms with Crippen LogP contribution in [0.15, 0.2) is 78.9 Å². The summed E-state index contributed by atoms with van der Waals surface area (Å²) in [6.07, 6.45) is 0.965. The molecule has 0 saturated carbocycles. The summed E-state index contributed by atoms with van der Waals surface area (Å²) in [5.74, 6) is 0.925. The van der Waals surface area contributed by atoms with E-state index in [2.05, 4.69) is 125 Å². The molecule has 0 N–H and O–H groups in total. The molecule has 0 aliphatic carbocycles. The zero-order valence-corrected chi connectivity index (χ0v) is 21.1. The fourth-order valence-corrected chi connectivity index (χ4v) is 4.32. The van der Waals surface area contributed by atoms with Crippen LogP contribution in [-0.4, -0.2) is 49.8 Å². The second kappa shape index (κ2) is 11.1. The Morgan fingerprint density at radius 1 is 0.875 bits per heavy atom. The van der Waals surface area contributed by atoms with Gasteiger partial charge in [0.2, 0.25) is 0 Å². The quantitative estimate of drug-likeness (QED) is 0.173. The van der Waals surface area contributed by atoms with Gasteiger partial charge in [0.05, 0.1) is 6.67 Å². The topological polar surface area (TPSA) is 15.5 Å². The van der Waals surface area contributed by atoms with Crippen LogP contribution >= 0.6 is 22.6 Å². The van der Waals surface area contributed by atoms with E-state index in [0.29, 0.717) is 6.61 Å². The lowest BCUT2D eigenvalue weighted by Crippen LogP contribution is -2.29. The van der Waals surface area contributed by atoms with Gasteiger partial charge in [0, 0.05) is 23.2 Å². The number of halogens is 1. The molecule has 1 saturated heterocycles. The SMILES string of the molecule is CC/C(=C(/c1ccc(I)cc1)c1ccc(OCCN(C)CN2CC2)cc1)c1ccccc1. The second-order valence-electron chi connectivity index (χ2n) is 8.29. The van der Waals surface area contributed by atoms with Crippen molar-refractivity contribution in [2.75, 3.05) is 40.0 Å². The first-order valence-electron chi connectivity index (χ1n) is 11.3. The first kappa shape index (κ1) is 23.0. The molecule has 3 nitrogen and oxygen atoms in total. The zero-order valence-electron chi connectivity index (χ0n) is 18.9. The molecule has 166 valence electrons. The standard InChI is InChI=1S/C28H31IN2O/c1-3-27(22-7-5-4-6-8-22)28(23-9-13-25(29)14-10-23)24-11-15-26(16-12-24)32-20-19-30(2)21-31-17-18-31/h4-16H,3,17-21H2,1-2H3/b28-27+. The van der Waals surface area contributed by atoms with Crippen LogP contribution in [0.25, 0.3) is 11.1 Å². The maximum absolute atomic E-state index is 6.03. The molecule has 32 heavy (non-hydrogen) atoms. The van der Waals surface area contributed by atoms with Crippen LogP contribution in [0.4, 0.5) is 0 Å². The molecule has 0 spiro atoms. The van der Waals surface area contributed by atoms with E-state index in [1.165, 1.54) is 44.5 Å². The molecule has 0 amide bonds. The Labute approximate surface area is 205 Å². The Hall–Kier alpha value is -2.15. The first-order valence-corrected chi connectivity index (χ1v) is 12.4. The van der Waals surface area contributed by atoms with Crippen molar-refractivity contribution in [3.8, 4) is 5.75 Å². The Balaban J connectivity index is 1.57. The van der Waals surface area contributed by atoms with Crippen molar-refractivity contribution >= 4 is 33.7 Å². The number of benzene rings is 3. The minimum absolute atomic E-state index is 0.702. The minimum Gasteiger partial charge on any atom is -0.492 e. The van der Waals surface area contributed by atoms with Crippen molar-refractivity contribution in [1.82, 2.24) is 9.80 Å². The smallest absolute Gasteiger partial charge is 0.119 e. The highest BCUT2D eigenvalue weighted by Crippen LogP contribution is 2.35. The predicted octanol–water partition coefficient (Wildman–Crippen LogP) is 6.24. The maximum Gasteiger partial charge on any atom is 0.119 e. The number of likely N-dealkylation sites (N-methyl/N-ethyl adjacent to an activating group) is 1. The molecule has 1 aliphatic heterocycles. The van der Waals surface area contributed by atoms with Gasteiger partial charge in [-0.15, -0.1) is 0 Å². The molecular formula is C28H31IN2O. The number of allylic oxidation sites excluding steroid dienone is 1. The van der Waals surface area contributed by atoms with E-state index in [-0.39, 0.29) is 0 Å². The lowest BCUT2D eigenvalue weighted by molar-refractivity contribution is 0.204. The van der Waals surface area contributed by atoms with Gasteiger partial charge in [-0.2, -0.15) is 0 Å². The van der Waals surface area contributed by atoms with E-state index < -0.39 is 0 Å². The van der Waals surface area contributed by atoms with Crippen LogP contribution in [-0.2, 0) is 0 Å². The van der Waals surface area contributed by atoms with Crippen LogP contribution in [0.1, 0.15) is 30.0 Å². The summed E-state index contributed by atoms with van der Waals surface area (Å²) in [6, 6.07) is 28.1. The van der Waals surface area contributed by atoms with E-state index >= 15 is 0 Å². The van der Waals surface area contributed by atoms with E-state index in [1.807, 2.05) is 0 Å².